The average Bonchev–Trinajstić information content (AvgIpc) is 2.94. The first-order chi connectivity index (χ1) is 14.6. The number of phenolic OH excluding ortho intramolecular Hbond substituents is 1. The number of hydrogen-bond acceptors (Lipinski definition) is 5. The summed E-state index contributed by atoms with van der Waals surface area (Å²) in [5.74, 6) is 1.51. The Morgan fingerprint density at radius 2 is 1.77 bits per heavy atom. The molecule has 0 radical (unpaired) electrons. The number of benzene rings is 3. The molecule has 1 aliphatic rings. The highest BCUT2D eigenvalue weighted by molar-refractivity contribution is 7.99. The van der Waals surface area contributed by atoms with Crippen LogP contribution in [0.4, 0.5) is 10.1 Å². The topological polar surface area (TPSA) is 41.9 Å². The third kappa shape index (κ3) is 4.19. The van der Waals surface area contributed by atoms with Gasteiger partial charge in [0.2, 0.25) is 0 Å². The van der Waals surface area contributed by atoms with E-state index in [4.69, 9.17) is 9.47 Å². The third-order valence-electron chi connectivity index (χ3n) is 5.34. The van der Waals surface area contributed by atoms with Crippen molar-refractivity contribution in [2.45, 2.75) is 23.1 Å². The highest BCUT2D eigenvalue weighted by atomic mass is 32.2. The van der Waals surface area contributed by atoms with Crippen molar-refractivity contribution >= 4 is 17.4 Å². The number of aromatic hydroxyl groups is 1. The van der Waals surface area contributed by atoms with Gasteiger partial charge in [-0.3, -0.25) is 0 Å². The molecule has 30 heavy (non-hydrogen) atoms. The van der Waals surface area contributed by atoms with Crippen LogP contribution in [-0.2, 0) is 6.54 Å². The molecule has 0 fully saturated rings. The Hall–Kier alpha value is -2.86. The molecule has 0 bridgehead atoms. The molecule has 0 aliphatic carbocycles. The van der Waals surface area contributed by atoms with Crippen molar-refractivity contribution in [1.82, 2.24) is 0 Å². The van der Waals surface area contributed by atoms with Gasteiger partial charge in [-0.15, -0.1) is 11.8 Å². The van der Waals surface area contributed by atoms with Gasteiger partial charge in [0.1, 0.15) is 23.1 Å². The zero-order chi connectivity index (χ0) is 21.1. The highest BCUT2D eigenvalue weighted by Crippen LogP contribution is 2.47. The predicted octanol–water partition coefficient (Wildman–Crippen LogP) is 5.79. The van der Waals surface area contributed by atoms with Crippen LogP contribution in [0.5, 0.6) is 17.2 Å². The average molecular weight is 426 g/mol. The Morgan fingerprint density at radius 1 is 1.03 bits per heavy atom. The van der Waals surface area contributed by atoms with E-state index < -0.39 is 0 Å². The van der Waals surface area contributed by atoms with E-state index in [9.17, 15) is 9.50 Å². The van der Waals surface area contributed by atoms with Gasteiger partial charge in [-0.1, -0.05) is 18.2 Å². The minimum absolute atomic E-state index is 0.0130. The molecule has 0 saturated heterocycles. The second kappa shape index (κ2) is 8.88. The molecule has 1 aliphatic heterocycles. The maximum absolute atomic E-state index is 14.5. The Kier molecular flexibility index (Phi) is 6.04. The van der Waals surface area contributed by atoms with Gasteiger partial charge < -0.3 is 19.5 Å². The molecule has 1 unspecified atom stereocenters. The quantitative estimate of drug-likeness (QED) is 0.560. The number of methoxy groups -OCH3 is 2. The van der Waals surface area contributed by atoms with E-state index in [1.54, 1.807) is 44.2 Å². The van der Waals surface area contributed by atoms with E-state index in [1.165, 1.54) is 6.07 Å². The molecular weight excluding hydrogens is 401 g/mol. The summed E-state index contributed by atoms with van der Waals surface area (Å²) < 4.78 is 25.3. The van der Waals surface area contributed by atoms with Gasteiger partial charge in [-0.25, -0.2) is 4.39 Å². The van der Waals surface area contributed by atoms with Crippen LogP contribution in [0, 0.1) is 5.82 Å². The smallest absolute Gasteiger partial charge is 0.127 e. The monoisotopic (exact) mass is 425 g/mol. The van der Waals surface area contributed by atoms with Gasteiger partial charge in [0.15, 0.2) is 0 Å². The van der Waals surface area contributed by atoms with E-state index >= 15 is 0 Å². The molecule has 1 atom stereocenters. The Bertz CT molecular complexity index is 1040. The lowest BCUT2D eigenvalue weighted by atomic mass is 10.1. The van der Waals surface area contributed by atoms with E-state index in [-0.39, 0.29) is 16.8 Å². The van der Waals surface area contributed by atoms with E-state index in [0.29, 0.717) is 17.9 Å². The highest BCUT2D eigenvalue weighted by Gasteiger charge is 2.26. The molecule has 0 amide bonds. The van der Waals surface area contributed by atoms with Crippen LogP contribution in [0.1, 0.15) is 22.8 Å². The Morgan fingerprint density at radius 3 is 2.53 bits per heavy atom. The minimum atomic E-state index is -0.182. The number of phenols is 1. The first-order valence-electron chi connectivity index (χ1n) is 9.79. The fourth-order valence-corrected chi connectivity index (χ4v) is 5.07. The van der Waals surface area contributed by atoms with Gasteiger partial charge in [0.25, 0.3) is 0 Å². The van der Waals surface area contributed by atoms with Crippen molar-refractivity contribution in [3.05, 3.63) is 77.6 Å². The molecule has 1 heterocycles. The number of hydrogen-bond donors (Lipinski definition) is 1. The van der Waals surface area contributed by atoms with E-state index in [2.05, 4.69) is 4.90 Å². The van der Waals surface area contributed by atoms with Crippen LogP contribution in [0.3, 0.4) is 0 Å². The predicted molar refractivity (Wildman–Crippen MR) is 118 cm³/mol. The molecule has 4 rings (SSSR count). The number of rotatable bonds is 5. The first-order valence-corrected chi connectivity index (χ1v) is 10.7. The summed E-state index contributed by atoms with van der Waals surface area (Å²) in [6.45, 7) is 1.24. The van der Waals surface area contributed by atoms with Crippen LogP contribution in [0.2, 0.25) is 0 Å². The van der Waals surface area contributed by atoms with Crippen LogP contribution < -0.4 is 14.4 Å². The largest absolute Gasteiger partial charge is 0.508 e. The lowest BCUT2D eigenvalue weighted by Gasteiger charge is -2.25. The molecule has 0 saturated carbocycles. The van der Waals surface area contributed by atoms with E-state index in [1.807, 2.05) is 36.4 Å². The number of anilines is 1. The van der Waals surface area contributed by atoms with Crippen molar-refractivity contribution in [1.29, 1.82) is 0 Å². The number of nitrogens with zero attached hydrogens (tertiary/aromatic N) is 1. The van der Waals surface area contributed by atoms with Crippen molar-refractivity contribution in [2.24, 2.45) is 0 Å². The molecule has 0 aromatic heterocycles. The maximum atomic E-state index is 14.5. The van der Waals surface area contributed by atoms with Crippen LogP contribution in [0.25, 0.3) is 0 Å². The third-order valence-corrected chi connectivity index (χ3v) is 6.69. The fourth-order valence-electron chi connectivity index (χ4n) is 3.72. The van der Waals surface area contributed by atoms with Crippen molar-refractivity contribution < 1.29 is 19.0 Å². The summed E-state index contributed by atoms with van der Waals surface area (Å²) >= 11 is 1.65. The molecule has 0 spiro atoms. The van der Waals surface area contributed by atoms with Gasteiger partial charge in [0.05, 0.1) is 19.9 Å². The molecular formula is C24H24FNO3S. The zero-order valence-electron chi connectivity index (χ0n) is 17.0. The van der Waals surface area contributed by atoms with Crippen molar-refractivity contribution in [3.8, 4) is 17.2 Å². The summed E-state index contributed by atoms with van der Waals surface area (Å²) in [7, 11) is 3.25. The second-order valence-electron chi connectivity index (χ2n) is 7.17. The molecule has 3 aromatic carbocycles. The van der Waals surface area contributed by atoms with E-state index in [0.717, 1.165) is 34.9 Å². The molecule has 4 nitrogen and oxygen atoms in total. The van der Waals surface area contributed by atoms with Crippen LogP contribution >= 0.6 is 11.8 Å². The Labute approximate surface area is 180 Å². The van der Waals surface area contributed by atoms with Crippen LogP contribution in [-0.4, -0.2) is 25.9 Å². The summed E-state index contributed by atoms with van der Waals surface area (Å²) in [4.78, 5) is 3.25. The Balaban J connectivity index is 1.71. The number of halogens is 1. The lowest BCUT2D eigenvalue weighted by Crippen LogP contribution is -2.24. The lowest BCUT2D eigenvalue weighted by molar-refractivity contribution is 0.410. The summed E-state index contributed by atoms with van der Waals surface area (Å²) in [5, 5.41) is 10.4. The number of thioether (sulfide) groups is 1. The van der Waals surface area contributed by atoms with Gasteiger partial charge in [-0.2, -0.15) is 0 Å². The molecule has 6 heteroatoms. The van der Waals surface area contributed by atoms with Gasteiger partial charge in [0, 0.05) is 34.4 Å². The normalized spacial score (nSPS) is 16.0. The summed E-state index contributed by atoms with van der Waals surface area (Å²) in [6.07, 6.45) is 0.771. The zero-order valence-corrected chi connectivity index (χ0v) is 17.8. The standard InChI is InChI=1S/C24H24FNO3S/c1-28-17-8-10-22(27)16(13-17)15-26-12-11-23(19-5-3-4-6-20(19)25)30-24-14-18(29-2)7-9-21(24)26/h3-10,13-14,23,27H,11-12,15H2,1-2H3. The SMILES string of the molecule is COc1ccc(O)c(CN2CCC(c3ccccc3F)Sc3cc(OC)ccc32)c1. The summed E-state index contributed by atoms with van der Waals surface area (Å²) in [5.41, 5.74) is 2.54. The minimum Gasteiger partial charge on any atom is -0.508 e. The first kappa shape index (κ1) is 20.4. The number of fused-ring (bicyclic) bond motifs is 1. The molecule has 156 valence electrons. The van der Waals surface area contributed by atoms with Crippen molar-refractivity contribution in [2.75, 3.05) is 25.7 Å². The molecule has 1 N–H and O–H groups in total. The van der Waals surface area contributed by atoms with Crippen LogP contribution in [0.15, 0.2) is 65.6 Å². The maximum Gasteiger partial charge on any atom is 0.127 e. The van der Waals surface area contributed by atoms with Gasteiger partial charge >= 0.3 is 0 Å². The molecule has 3 aromatic rings. The summed E-state index contributed by atoms with van der Waals surface area (Å²) in [6, 6.07) is 18.2. The van der Waals surface area contributed by atoms with Crippen molar-refractivity contribution in [3.63, 3.8) is 0 Å². The number of ether oxygens (including phenoxy) is 2. The fraction of sp³-hybridized carbons (Fsp3) is 0.250. The second-order valence-corrected chi connectivity index (χ2v) is 8.41. The van der Waals surface area contributed by atoms with Gasteiger partial charge in [-0.05, 0) is 48.9 Å².